The highest BCUT2D eigenvalue weighted by molar-refractivity contribution is 5.78. The fraction of sp³-hybridized carbons (Fsp3) is 0.929. The van der Waals surface area contributed by atoms with Crippen LogP contribution >= 0.6 is 0 Å². The molecule has 0 radical (unpaired) electrons. The minimum absolute atomic E-state index is 0.252. The van der Waals surface area contributed by atoms with Gasteiger partial charge in [-0.2, -0.15) is 0 Å². The van der Waals surface area contributed by atoms with E-state index in [-0.39, 0.29) is 5.91 Å². The van der Waals surface area contributed by atoms with Crippen molar-refractivity contribution in [2.45, 2.75) is 25.8 Å². The third-order valence-electron chi connectivity index (χ3n) is 4.34. The van der Waals surface area contributed by atoms with E-state index >= 15 is 0 Å². The molecule has 2 aliphatic rings. The molecule has 1 atom stereocenters. The van der Waals surface area contributed by atoms with Gasteiger partial charge in [-0.05, 0) is 39.9 Å². The zero-order chi connectivity index (χ0) is 13.7. The number of hydrogen-bond acceptors (Lipinski definition) is 4. The number of nitrogens with zero attached hydrogens (tertiary/aromatic N) is 3. The van der Waals surface area contributed by atoms with Crippen molar-refractivity contribution in [3.8, 4) is 0 Å². The smallest absolute Gasteiger partial charge is 0.236 e. The van der Waals surface area contributed by atoms with Crippen LogP contribution < -0.4 is 5.32 Å². The van der Waals surface area contributed by atoms with Crippen molar-refractivity contribution in [1.29, 1.82) is 0 Å². The third kappa shape index (κ3) is 4.44. The van der Waals surface area contributed by atoms with Gasteiger partial charge in [0, 0.05) is 38.8 Å². The average molecular weight is 268 g/mol. The molecule has 0 aromatic carbocycles. The van der Waals surface area contributed by atoms with E-state index in [1.807, 2.05) is 4.90 Å². The number of hydrogen-bond donors (Lipinski definition) is 1. The Balaban J connectivity index is 1.60. The first-order valence-electron chi connectivity index (χ1n) is 7.58. The van der Waals surface area contributed by atoms with Crippen LogP contribution in [0.25, 0.3) is 0 Å². The van der Waals surface area contributed by atoms with E-state index in [2.05, 4.69) is 29.1 Å². The zero-order valence-corrected chi connectivity index (χ0v) is 12.4. The van der Waals surface area contributed by atoms with E-state index in [0.29, 0.717) is 12.6 Å². The normalized spacial score (nSPS) is 23.8. The van der Waals surface area contributed by atoms with Gasteiger partial charge in [0.05, 0.1) is 6.54 Å². The molecule has 1 N–H and O–H groups in total. The Bertz CT molecular complexity index is 283. The maximum Gasteiger partial charge on any atom is 0.236 e. The number of carbonyl (C=O) groups excluding carboxylic acids is 1. The molecule has 0 saturated carbocycles. The Morgan fingerprint density at radius 2 is 1.74 bits per heavy atom. The Morgan fingerprint density at radius 3 is 2.37 bits per heavy atom. The van der Waals surface area contributed by atoms with Crippen molar-refractivity contribution >= 4 is 5.91 Å². The molecule has 1 amide bonds. The van der Waals surface area contributed by atoms with Gasteiger partial charge in [0.15, 0.2) is 0 Å². The van der Waals surface area contributed by atoms with Crippen LogP contribution in [-0.4, -0.2) is 86.1 Å². The molecule has 2 saturated heterocycles. The Labute approximate surface area is 116 Å². The molecule has 0 spiro atoms. The molecular weight excluding hydrogens is 240 g/mol. The van der Waals surface area contributed by atoms with E-state index in [9.17, 15) is 4.79 Å². The van der Waals surface area contributed by atoms with Crippen LogP contribution in [0.3, 0.4) is 0 Å². The van der Waals surface area contributed by atoms with Gasteiger partial charge in [-0.1, -0.05) is 0 Å². The summed E-state index contributed by atoms with van der Waals surface area (Å²) >= 11 is 0. The second-order valence-corrected chi connectivity index (χ2v) is 5.91. The van der Waals surface area contributed by atoms with Gasteiger partial charge in [-0.25, -0.2) is 0 Å². The van der Waals surface area contributed by atoms with Crippen LogP contribution in [0.5, 0.6) is 0 Å². The Morgan fingerprint density at radius 1 is 1.11 bits per heavy atom. The minimum atomic E-state index is 0.252. The highest BCUT2D eigenvalue weighted by atomic mass is 16.2. The number of likely N-dealkylation sites (N-methyl/N-ethyl adjacent to an activating group) is 1. The van der Waals surface area contributed by atoms with Gasteiger partial charge in [0.25, 0.3) is 0 Å². The number of piperazine rings is 1. The number of nitrogens with one attached hydrogen (secondary N) is 1. The van der Waals surface area contributed by atoms with Crippen molar-refractivity contribution in [3.05, 3.63) is 0 Å². The fourth-order valence-electron chi connectivity index (χ4n) is 2.87. The maximum absolute atomic E-state index is 12.0. The summed E-state index contributed by atoms with van der Waals surface area (Å²) in [7, 11) is 2.11. The highest BCUT2D eigenvalue weighted by Crippen LogP contribution is 2.10. The molecule has 0 aliphatic carbocycles. The van der Waals surface area contributed by atoms with Crippen molar-refractivity contribution in [1.82, 2.24) is 20.0 Å². The Kier molecular flexibility index (Phi) is 5.60. The summed E-state index contributed by atoms with van der Waals surface area (Å²) in [5.74, 6) is 0.252. The van der Waals surface area contributed by atoms with Gasteiger partial charge in [0.1, 0.15) is 0 Å². The second kappa shape index (κ2) is 7.22. The van der Waals surface area contributed by atoms with Crippen molar-refractivity contribution < 1.29 is 4.79 Å². The van der Waals surface area contributed by atoms with Gasteiger partial charge in [-0.3, -0.25) is 9.69 Å². The van der Waals surface area contributed by atoms with Gasteiger partial charge in [-0.15, -0.1) is 0 Å². The summed E-state index contributed by atoms with van der Waals surface area (Å²) in [5.41, 5.74) is 0. The van der Waals surface area contributed by atoms with Crippen LogP contribution in [-0.2, 0) is 4.79 Å². The second-order valence-electron chi connectivity index (χ2n) is 5.91. The number of likely N-dealkylation sites (tertiary alicyclic amines) is 1. The molecule has 2 rings (SSSR count). The van der Waals surface area contributed by atoms with E-state index in [1.165, 1.54) is 25.9 Å². The minimum Gasteiger partial charge on any atom is -0.339 e. The molecule has 2 heterocycles. The number of amides is 1. The predicted octanol–water partition coefficient (Wildman–Crippen LogP) is -0.166. The first-order valence-corrected chi connectivity index (χ1v) is 7.58. The summed E-state index contributed by atoms with van der Waals surface area (Å²) in [6.07, 6.45) is 2.65. The van der Waals surface area contributed by atoms with E-state index in [0.717, 1.165) is 32.7 Å². The van der Waals surface area contributed by atoms with Crippen molar-refractivity contribution in [2.75, 3.05) is 59.4 Å². The fourth-order valence-corrected chi connectivity index (χ4v) is 2.87. The van der Waals surface area contributed by atoms with Crippen LogP contribution in [0.1, 0.15) is 19.8 Å². The molecule has 0 aromatic rings. The Hall–Kier alpha value is -0.650. The van der Waals surface area contributed by atoms with E-state index in [1.54, 1.807) is 0 Å². The lowest BCUT2D eigenvalue weighted by molar-refractivity contribution is -0.131. The van der Waals surface area contributed by atoms with Gasteiger partial charge < -0.3 is 15.1 Å². The molecular formula is C14H28N4O. The van der Waals surface area contributed by atoms with Crippen molar-refractivity contribution in [2.24, 2.45) is 0 Å². The molecule has 1 unspecified atom stereocenters. The molecule has 110 valence electrons. The lowest BCUT2D eigenvalue weighted by atomic mass is 10.3. The van der Waals surface area contributed by atoms with E-state index in [4.69, 9.17) is 0 Å². The highest BCUT2D eigenvalue weighted by Gasteiger charge is 2.20. The SMILES string of the molecule is CC(CNCC(=O)N1CCN(C)CC1)N1CCCC1. The standard InChI is InChI=1S/C14H28N4O/c1-13(17-5-3-4-6-17)11-15-12-14(19)18-9-7-16(2)8-10-18/h13,15H,3-12H2,1-2H3. The molecule has 0 bridgehead atoms. The maximum atomic E-state index is 12.0. The first-order chi connectivity index (χ1) is 9.16. The lowest BCUT2D eigenvalue weighted by Crippen LogP contribution is -2.50. The average Bonchev–Trinajstić information content (AvgIpc) is 2.93. The lowest BCUT2D eigenvalue weighted by Gasteiger charge is -2.32. The third-order valence-corrected chi connectivity index (χ3v) is 4.34. The largest absolute Gasteiger partial charge is 0.339 e. The predicted molar refractivity (Wildman–Crippen MR) is 77.2 cm³/mol. The molecule has 2 aliphatic heterocycles. The molecule has 0 aromatic heterocycles. The first kappa shape index (κ1) is 14.8. The summed E-state index contributed by atoms with van der Waals surface area (Å²) in [4.78, 5) is 18.8. The van der Waals surface area contributed by atoms with Crippen LogP contribution in [0, 0.1) is 0 Å². The van der Waals surface area contributed by atoms with Crippen LogP contribution in [0.2, 0.25) is 0 Å². The molecule has 2 fully saturated rings. The molecule has 19 heavy (non-hydrogen) atoms. The van der Waals surface area contributed by atoms with Gasteiger partial charge in [0.2, 0.25) is 5.91 Å². The van der Waals surface area contributed by atoms with E-state index < -0.39 is 0 Å². The summed E-state index contributed by atoms with van der Waals surface area (Å²) < 4.78 is 0. The van der Waals surface area contributed by atoms with Crippen molar-refractivity contribution in [3.63, 3.8) is 0 Å². The number of rotatable bonds is 5. The van der Waals surface area contributed by atoms with Crippen LogP contribution in [0.4, 0.5) is 0 Å². The quantitative estimate of drug-likeness (QED) is 0.752. The molecule has 5 heteroatoms. The van der Waals surface area contributed by atoms with Crippen LogP contribution in [0.15, 0.2) is 0 Å². The zero-order valence-electron chi connectivity index (χ0n) is 12.4. The summed E-state index contributed by atoms with van der Waals surface area (Å²) in [6, 6.07) is 0.544. The summed E-state index contributed by atoms with van der Waals surface area (Å²) in [6.45, 7) is 9.83. The topological polar surface area (TPSA) is 38.8 Å². The summed E-state index contributed by atoms with van der Waals surface area (Å²) in [5, 5.41) is 3.32. The number of carbonyl (C=O) groups is 1. The molecule has 5 nitrogen and oxygen atoms in total. The van der Waals surface area contributed by atoms with Gasteiger partial charge >= 0.3 is 0 Å². The monoisotopic (exact) mass is 268 g/mol.